The number of Topliss-reactive ketones (excluding diaryl/α,β-unsaturated/α-hetero) is 1. The van der Waals surface area contributed by atoms with Crippen LogP contribution in [0.4, 0.5) is 5.95 Å². The first-order valence-electron chi connectivity index (χ1n) is 6.68. The van der Waals surface area contributed by atoms with Crippen molar-refractivity contribution in [2.24, 2.45) is 0 Å². The molecule has 100 valence electrons. The molecule has 6 heteroatoms. The Balaban J connectivity index is 1.93. The molecule has 0 bridgehead atoms. The van der Waals surface area contributed by atoms with Gasteiger partial charge in [-0.1, -0.05) is 6.07 Å². The van der Waals surface area contributed by atoms with Crippen LogP contribution in [-0.2, 0) is 4.79 Å². The molecule has 6 nitrogen and oxygen atoms in total. The van der Waals surface area contributed by atoms with Crippen molar-refractivity contribution >= 4 is 11.7 Å². The van der Waals surface area contributed by atoms with Gasteiger partial charge in [0.05, 0.1) is 5.69 Å². The van der Waals surface area contributed by atoms with Gasteiger partial charge in [0, 0.05) is 23.9 Å². The summed E-state index contributed by atoms with van der Waals surface area (Å²) in [6.07, 6.45) is 5.58. The largest absolute Gasteiger partial charge is 0.328 e. The van der Waals surface area contributed by atoms with Gasteiger partial charge in [-0.2, -0.15) is 10.1 Å². The number of rotatable bonds is 1. The van der Waals surface area contributed by atoms with E-state index in [9.17, 15) is 4.79 Å². The molecule has 2 aromatic heterocycles. The van der Waals surface area contributed by atoms with Crippen LogP contribution >= 0.6 is 0 Å². The predicted molar refractivity (Wildman–Crippen MR) is 71.9 cm³/mol. The number of ketones is 1. The van der Waals surface area contributed by atoms with Gasteiger partial charge in [-0.05, 0) is 25.0 Å². The Morgan fingerprint density at radius 2 is 2.20 bits per heavy atom. The molecule has 1 N–H and O–H groups in total. The summed E-state index contributed by atoms with van der Waals surface area (Å²) in [4.78, 5) is 21.0. The minimum absolute atomic E-state index is 0.176. The predicted octanol–water partition coefficient (Wildman–Crippen LogP) is 1.70. The molecule has 2 aromatic rings. The van der Waals surface area contributed by atoms with E-state index in [0.29, 0.717) is 12.4 Å². The molecule has 1 atom stereocenters. The van der Waals surface area contributed by atoms with E-state index in [1.807, 2.05) is 18.2 Å². The van der Waals surface area contributed by atoms with E-state index in [0.717, 1.165) is 29.8 Å². The van der Waals surface area contributed by atoms with Crippen LogP contribution in [0.25, 0.3) is 0 Å². The first-order chi connectivity index (χ1) is 9.84. The van der Waals surface area contributed by atoms with Crippen molar-refractivity contribution in [3.8, 4) is 0 Å². The normalized spacial score (nSPS) is 21.2. The van der Waals surface area contributed by atoms with Crippen LogP contribution in [-0.4, -0.2) is 25.5 Å². The van der Waals surface area contributed by atoms with Crippen LogP contribution in [0.3, 0.4) is 0 Å². The molecule has 4 rings (SSSR count). The number of hydrogen-bond donors (Lipinski definition) is 1. The van der Waals surface area contributed by atoms with Crippen molar-refractivity contribution in [3.05, 3.63) is 47.7 Å². The standard InChI is InChI=1S/C14H13N5O/c20-11-6-3-5-9-12(11)13(10-4-1-2-7-15-10)19-14(18-9)16-8-17-19/h1-2,4,7-8,13H,3,5-6H2,(H,16,17,18)/t13-/m1/s1. The third-order valence-corrected chi connectivity index (χ3v) is 3.78. The zero-order valence-corrected chi connectivity index (χ0v) is 10.8. The molecule has 0 saturated carbocycles. The Bertz CT molecular complexity index is 703. The van der Waals surface area contributed by atoms with Crippen LogP contribution in [0.5, 0.6) is 0 Å². The fraction of sp³-hybridized carbons (Fsp3) is 0.286. The Kier molecular flexibility index (Phi) is 2.42. The number of fused-ring (bicyclic) bond motifs is 1. The SMILES string of the molecule is O=C1CCCC2=C1[C@@H](c1ccccn1)n1ncnc1N2. The summed E-state index contributed by atoms with van der Waals surface area (Å²) in [5.41, 5.74) is 2.58. The minimum Gasteiger partial charge on any atom is -0.328 e. The number of allylic oxidation sites excluding steroid dienone is 2. The molecule has 3 heterocycles. The molecular formula is C14H13N5O. The third kappa shape index (κ3) is 1.57. The van der Waals surface area contributed by atoms with Crippen molar-refractivity contribution < 1.29 is 4.79 Å². The van der Waals surface area contributed by atoms with E-state index in [2.05, 4.69) is 20.4 Å². The smallest absolute Gasteiger partial charge is 0.226 e. The van der Waals surface area contributed by atoms with Crippen molar-refractivity contribution in [2.45, 2.75) is 25.3 Å². The quantitative estimate of drug-likeness (QED) is 0.851. The van der Waals surface area contributed by atoms with Gasteiger partial charge in [0.25, 0.3) is 0 Å². The molecule has 0 saturated heterocycles. The lowest BCUT2D eigenvalue weighted by molar-refractivity contribution is -0.116. The molecule has 0 spiro atoms. The highest BCUT2D eigenvalue weighted by Gasteiger charge is 2.36. The van der Waals surface area contributed by atoms with E-state index in [1.165, 1.54) is 6.33 Å². The van der Waals surface area contributed by atoms with Gasteiger partial charge in [0.1, 0.15) is 12.4 Å². The Hall–Kier alpha value is -2.50. The maximum atomic E-state index is 12.4. The van der Waals surface area contributed by atoms with Gasteiger partial charge < -0.3 is 5.32 Å². The second kappa shape index (κ2) is 4.26. The van der Waals surface area contributed by atoms with Gasteiger partial charge in [0.2, 0.25) is 5.95 Å². The fourth-order valence-corrected chi connectivity index (χ4v) is 2.91. The lowest BCUT2D eigenvalue weighted by atomic mass is 9.87. The zero-order chi connectivity index (χ0) is 13.5. The van der Waals surface area contributed by atoms with Gasteiger partial charge in [-0.25, -0.2) is 4.68 Å². The summed E-state index contributed by atoms with van der Waals surface area (Å²) < 4.78 is 1.74. The molecule has 1 aliphatic carbocycles. The monoisotopic (exact) mass is 267 g/mol. The number of aromatic nitrogens is 4. The van der Waals surface area contributed by atoms with Crippen LogP contribution in [0.15, 0.2) is 42.0 Å². The molecule has 20 heavy (non-hydrogen) atoms. The molecule has 0 fully saturated rings. The molecule has 1 aliphatic heterocycles. The number of nitrogens with one attached hydrogen (secondary N) is 1. The number of hydrogen-bond acceptors (Lipinski definition) is 5. The second-order valence-electron chi connectivity index (χ2n) is 4.98. The summed E-state index contributed by atoms with van der Waals surface area (Å²) in [6.45, 7) is 0. The topological polar surface area (TPSA) is 72.7 Å². The van der Waals surface area contributed by atoms with Gasteiger partial charge in [-0.15, -0.1) is 0 Å². The molecule has 0 aromatic carbocycles. The molecular weight excluding hydrogens is 254 g/mol. The Morgan fingerprint density at radius 1 is 1.25 bits per heavy atom. The lowest BCUT2D eigenvalue weighted by Gasteiger charge is -2.31. The van der Waals surface area contributed by atoms with Gasteiger partial charge >= 0.3 is 0 Å². The van der Waals surface area contributed by atoms with Crippen molar-refractivity contribution in [2.75, 3.05) is 5.32 Å². The number of pyridine rings is 1. The van der Waals surface area contributed by atoms with Crippen molar-refractivity contribution in [1.29, 1.82) is 0 Å². The van der Waals surface area contributed by atoms with Gasteiger partial charge in [-0.3, -0.25) is 9.78 Å². The Morgan fingerprint density at radius 3 is 3.05 bits per heavy atom. The third-order valence-electron chi connectivity index (χ3n) is 3.78. The summed E-state index contributed by atoms with van der Waals surface area (Å²) in [5.74, 6) is 0.852. The maximum absolute atomic E-state index is 12.4. The summed E-state index contributed by atoms with van der Waals surface area (Å²) in [5, 5.41) is 7.49. The Labute approximate surface area is 115 Å². The number of nitrogens with zero attached hydrogens (tertiary/aromatic N) is 4. The number of anilines is 1. The van der Waals surface area contributed by atoms with E-state index in [4.69, 9.17) is 0 Å². The van der Waals surface area contributed by atoms with Crippen LogP contribution in [0, 0.1) is 0 Å². The highest BCUT2D eigenvalue weighted by atomic mass is 16.1. The van der Waals surface area contributed by atoms with Crippen LogP contribution in [0.1, 0.15) is 31.0 Å². The average Bonchev–Trinajstić information content (AvgIpc) is 2.94. The van der Waals surface area contributed by atoms with Crippen LogP contribution in [0.2, 0.25) is 0 Å². The summed E-state index contributed by atoms with van der Waals surface area (Å²) in [7, 11) is 0. The first kappa shape index (κ1) is 11.3. The second-order valence-corrected chi connectivity index (χ2v) is 4.98. The summed E-state index contributed by atoms with van der Waals surface area (Å²) >= 11 is 0. The lowest BCUT2D eigenvalue weighted by Crippen LogP contribution is -2.31. The molecule has 0 unspecified atom stereocenters. The van der Waals surface area contributed by atoms with Crippen molar-refractivity contribution in [1.82, 2.24) is 19.7 Å². The number of carbonyl (C=O) groups excluding carboxylic acids is 1. The molecule has 0 amide bonds. The average molecular weight is 267 g/mol. The highest BCUT2D eigenvalue weighted by molar-refractivity contribution is 5.99. The molecule has 0 radical (unpaired) electrons. The van der Waals surface area contributed by atoms with Gasteiger partial charge in [0.15, 0.2) is 5.78 Å². The van der Waals surface area contributed by atoms with Crippen molar-refractivity contribution in [3.63, 3.8) is 0 Å². The minimum atomic E-state index is -0.266. The van der Waals surface area contributed by atoms with E-state index >= 15 is 0 Å². The van der Waals surface area contributed by atoms with E-state index < -0.39 is 0 Å². The molecule has 2 aliphatic rings. The fourth-order valence-electron chi connectivity index (χ4n) is 2.91. The van der Waals surface area contributed by atoms with Crippen LogP contribution < -0.4 is 5.32 Å². The number of carbonyl (C=O) groups is 1. The van der Waals surface area contributed by atoms with E-state index in [-0.39, 0.29) is 11.8 Å². The zero-order valence-electron chi connectivity index (χ0n) is 10.8. The maximum Gasteiger partial charge on any atom is 0.226 e. The van der Waals surface area contributed by atoms with E-state index in [1.54, 1.807) is 10.9 Å². The summed E-state index contributed by atoms with van der Waals surface area (Å²) in [6, 6.07) is 5.45. The first-order valence-corrected chi connectivity index (χ1v) is 6.68. The highest BCUT2D eigenvalue weighted by Crippen LogP contribution is 2.38.